The lowest BCUT2D eigenvalue weighted by Crippen LogP contribution is -2.08. The Labute approximate surface area is 83.9 Å². The molecule has 0 aromatic rings. The molecule has 0 heterocycles. The maximum absolute atomic E-state index is 10.5. The summed E-state index contributed by atoms with van der Waals surface area (Å²) in [6.45, 7) is 5.50. The third-order valence-corrected chi connectivity index (χ3v) is 2.14. The van der Waals surface area contributed by atoms with E-state index >= 15 is 0 Å². The predicted octanol–water partition coefficient (Wildman–Crippen LogP) is 2.40. The molecule has 1 fully saturated rings. The Bertz CT molecular complexity index is 298. The van der Waals surface area contributed by atoms with Crippen molar-refractivity contribution in [2.24, 2.45) is 10.9 Å². The normalized spacial score (nSPS) is 18.1. The van der Waals surface area contributed by atoms with Crippen LogP contribution in [0.3, 0.4) is 0 Å². The number of rotatable bonds is 5. The molecule has 0 aromatic carbocycles. The average Bonchev–Trinajstić information content (AvgIpc) is 2.94. The van der Waals surface area contributed by atoms with E-state index in [9.17, 15) is 4.79 Å². The van der Waals surface area contributed by atoms with Crippen LogP contribution >= 0.6 is 0 Å². The van der Waals surface area contributed by atoms with Crippen LogP contribution in [-0.2, 0) is 4.79 Å². The molecule has 0 amide bonds. The van der Waals surface area contributed by atoms with Crippen LogP contribution in [0.25, 0.3) is 0 Å². The molecule has 1 aliphatic carbocycles. The van der Waals surface area contributed by atoms with Crippen LogP contribution in [0.2, 0.25) is 0 Å². The standard InChI is InChI=1S/C11H15NO2/c1-3-8(2)7-12-10(6-11(13)14)9-4-5-9/h3,7,9H,1,4-6H2,2H3,(H,13,14)/b8-7-,12-10?. The van der Waals surface area contributed by atoms with Gasteiger partial charge in [0.25, 0.3) is 0 Å². The van der Waals surface area contributed by atoms with Gasteiger partial charge in [-0.05, 0) is 31.3 Å². The molecule has 0 aromatic heterocycles. The van der Waals surface area contributed by atoms with Crippen molar-refractivity contribution in [3.63, 3.8) is 0 Å². The Balaban J connectivity index is 2.66. The number of hydrogen-bond donors (Lipinski definition) is 1. The van der Waals surface area contributed by atoms with Gasteiger partial charge in [-0.25, -0.2) is 0 Å². The summed E-state index contributed by atoms with van der Waals surface area (Å²) in [6.07, 6.45) is 5.60. The SMILES string of the molecule is C=C/C(C)=C\N=C(CC(=O)O)C1CC1. The number of carboxylic acids is 1. The van der Waals surface area contributed by atoms with E-state index in [1.165, 1.54) is 0 Å². The first-order chi connectivity index (χ1) is 6.63. The van der Waals surface area contributed by atoms with Gasteiger partial charge in [-0.1, -0.05) is 12.7 Å². The molecule has 3 heteroatoms. The molecule has 3 nitrogen and oxygen atoms in total. The van der Waals surface area contributed by atoms with Crippen molar-refractivity contribution in [1.82, 2.24) is 0 Å². The van der Waals surface area contributed by atoms with E-state index in [1.807, 2.05) is 6.92 Å². The van der Waals surface area contributed by atoms with E-state index in [0.29, 0.717) is 5.92 Å². The summed E-state index contributed by atoms with van der Waals surface area (Å²) in [5, 5.41) is 8.66. The summed E-state index contributed by atoms with van der Waals surface area (Å²) in [7, 11) is 0. The molecule has 1 aliphatic rings. The van der Waals surface area contributed by atoms with Crippen molar-refractivity contribution < 1.29 is 9.90 Å². The van der Waals surface area contributed by atoms with Gasteiger partial charge >= 0.3 is 5.97 Å². The fraction of sp³-hybridized carbons (Fsp3) is 0.455. The first kappa shape index (κ1) is 10.7. The molecule has 0 saturated heterocycles. The average molecular weight is 193 g/mol. The molecule has 1 N–H and O–H groups in total. The van der Waals surface area contributed by atoms with E-state index in [0.717, 1.165) is 24.1 Å². The molecule has 76 valence electrons. The third-order valence-electron chi connectivity index (χ3n) is 2.14. The Morgan fingerprint density at radius 1 is 1.64 bits per heavy atom. The molecule has 0 aliphatic heterocycles. The van der Waals surface area contributed by atoms with E-state index < -0.39 is 5.97 Å². The van der Waals surface area contributed by atoms with Crippen molar-refractivity contribution >= 4 is 11.7 Å². The van der Waals surface area contributed by atoms with Crippen LogP contribution in [0.4, 0.5) is 0 Å². The zero-order valence-corrected chi connectivity index (χ0v) is 8.36. The van der Waals surface area contributed by atoms with Crippen molar-refractivity contribution in [1.29, 1.82) is 0 Å². The molecule has 1 saturated carbocycles. The van der Waals surface area contributed by atoms with E-state index in [4.69, 9.17) is 5.11 Å². The Morgan fingerprint density at radius 2 is 2.29 bits per heavy atom. The number of hydrogen-bond acceptors (Lipinski definition) is 2. The molecule has 0 spiro atoms. The number of aliphatic carboxylic acids is 1. The van der Waals surface area contributed by atoms with Gasteiger partial charge in [0.05, 0.1) is 6.42 Å². The Hall–Kier alpha value is -1.38. The lowest BCUT2D eigenvalue weighted by Gasteiger charge is -1.98. The maximum atomic E-state index is 10.5. The van der Waals surface area contributed by atoms with Crippen LogP contribution in [-0.4, -0.2) is 16.8 Å². The summed E-state index contributed by atoms with van der Waals surface area (Å²) in [5.41, 5.74) is 1.74. The lowest BCUT2D eigenvalue weighted by atomic mass is 10.2. The quantitative estimate of drug-likeness (QED) is 0.538. The van der Waals surface area contributed by atoms with Crippen LogP contribution < -0.4 is 0 Å². The minimum atomic E-state index is -0.805. The molecule has 1 rings (SSSR count). The molecule has 14 heavy (non-hydrogen) atoms. The van der Waals surface area contributed by atoms with Gasteiger partial charge in [0.2, 0.25) is 0 Å². The van der Waals surface area contributed by atoms with Crippen molar-refractivity contribution in [3.05, 3.63) is 24.4 Å². The second-order valence-electron chi connectivity index (χ2n) is 3.54. The number of aliphatic imine (C=N–C) groups is 1. The summed E-state index contributed by atoms with van der Waals surface area (Å²) < 4.78 is 0. The fourth-order valence-corrected chi connectivity index (χ4v) is 1.10. The van der Waals surface area contributed by atoms with Crippen LogP contribution in [0.5, 0.6) is 0 Å². The highest BCUT2D eigenvalue weighted by molar-refractivity contribution is 6.01. The zero-order chi connectivity index (χ0) is 10.6. The van der Waals surface area contributed by atoms with E-state index in [2.05, 4.69) is 11.6 Å². The first-order valence-corrected chi connectivity index (χ1v) is 4.71. The summed E-state index contributed by atoms with van der Waals surface area (Å²) in [5.74, 6) is -0.403. The maximum Gasteiger partial charge on any atom is 0.309 e. The third kappa shape index (κ3) is 3.56. The second kappa shape index (κ2) is 4.74. The molecular weight excluding hydrogens is 178 g/mol. The van der Waals surface area contributed by atoms with Gasteiger partial charge in [0, 0.05) is 11.9 Å². The Morgan fingerprint density at radius 3 is 2.71 bits per heavy atom. The van der Waals surface area contributed by atoms with Crippen molar-refractivity contribution in [3.8, 4) is 0 Å². The number of carboxylic acid groups (broad SMARTS) is 1. The van der Waals surface area contributed by atoms with Crippen molar-refractivity contribution in [2.75, 3.05) is 0 Å². The molecular formula is C11H15NO2. The fourth-order valence-electron chi connectivity index (χ4n) is 1.10. The molecule has 0 radical (unpaired) electrons. The zero-order valence-electron chi connectivity index (χ0n) is 8.36. The van der Waals surface area contributed by atoms with Crippen LogP contribution in [0.15, 0.2) is 29.4 Å². The Kier molecular flexibility index (Phi) is 3.63. The number of nitrogens with zero attached hydrogens (tertiary/aromatic N) is 1. The van der Waals surface area contributed by atoms with Gasteiger partial charge in [0.1, 0.15) is 0 Å². The minimum Gasteiger partial charge on any atom is -0.481 e. The van der Waals surface area contributed by atoms with Crippen LogP contribution in [0.1, 0.15) is 26.2 Å². The molecule has 0 bridgehead atoms. The van der Waals surface area contributed by atoms with Gasteiger partial charge in [-0.2, -0.15) is 0 Å². The van der Waals surface area contributed by atoms with Gasteiger partial charge in [-0.15, -0.1) is 0 Å². The van der Waals surface area contributed by atoms with Crippen LogP contribution in [0, 0.1) is 5.92 Å². The highest BCUT2D eigenvalue weighted by atomic mass is 16.4. The highest BCUT2D eigenvalue weighted by Crippen LogP contribution is 2.32. The number of carbonyl (C=O) groups is 1. The lowest BCUT2D eigenvalue weighted by molar-refractivity contribution is -0.135. The molecule has 0 unspecified atom stereocenters. The summed E-state index contributed by atoms with van der Waals surface area (Å²) in [6, 6.07) is 0. The number of allylic oxidation sites excluding steroid dienone is 2. The van der Waals surface area contributed by atoms with Gasteiger partial charge in [0.15, 0.2) is 0 Å². The smallest absolute Gasteiger partial charge is 0.309 e. The van der Waals surface area contributed by atoms with Crippen molar-refractivity contribution in [2.45, 2.75) is 26.2 Å². The van der Waals surface area contributed by atoms with Gasteiger partial charge < -0.3 is 5.11 Å². The molecule has 0 atom stereocenters. The van der Waals surface area contributed by atoms with E-state index in [-0.39, 0.29) is 6.42 Å². The minimum absolute atomic E-state index is 0.0611. The predicted molar refractivity (Wildman–Crippen MR) is 56.4 cm³/mol. The first-order valence-electron chi connectivity index (χ1n) is 4.71. The summed E-state index contributed by atoms with van der Waals surface area (Å²) in [4.78, 5) is 14.7. The summed E-state index contributed by atoms with van der Waals surface area (Å²) >= 11 is 0. The topological polar surface area (TPSA) is 49.7 Å². The highest BCUT2D eigenvalue weighted by Gasteiger charge is 2.28. The largest absolute Gasteiger partial charge is 0.481 e. The monoisotopic (exact) mass is 193 g/mol. The van der Waals surface area contributed by atoms with Gasteiger partial charge in [-0.3, -0.25) is 9.79 Å². The second-order valence-corrected chi connectivity index (χ2v) is 3.54. The van der Waals surface area contributed by atoms with E-state index in [1.54, 1.807) is 12.3 Å².